The molecular weight excluding hydrogens is 306 g/mol. The highest BCUT2D eigenvalue weighted by atomic mass is 32.2. The minimum atomic E-state index is -3.49. The van der Waals surface area contributed by atoms with Crippen LogP contribution >= 0.6 is 11.3 Å². The number of aromatic nitrogens is 1. The van der Waals surface area contributed by atoms with Crippen LogP contribution in [0.2, 0.25) is 0 Å². The standard InChI is InChI=1S/C14H19N3O2S2/c1-4-11-9-16-14(20-11)10(2)17-12-7-5-6-8-13(12)21(18,19)15-3/h5-10,15,17H,4H2,1-3H3. The summed E-state index contributed by atoms with van der Waals surface area (Å²) in [6, 6.07) is 6.81. The predicted molar refractivity (Wildman–Crippen MR) is 86.2 cm³/mol. The first-order chi connectivity index (χ1) is 9.97. The maximum atomic E-state index is 12.0. The maximum Gasteiger partial charge on any atom is 0.242 e. The van der Waals surface area contributed by atoms with Gasteiger partial charge in [0.15, 0.2) is 0 Å². The second-order valence-electron chi connectivity index (χ2n) is 4.59. The van der Waals surface area contributed by atoms with Crippen molar-refractivity contribution in [2.75, 3.05) is 12.4 Å². The molecule has 0 fully saturated rings. The van der Waals surface area contributed by atoms with Crippen LogP contribution in [0.3, 0.4) is 0 Å². The van der Waals surface area contributed by atoms with E-state index in [1.54, 1.807) is 29.5 Å². The molecule has 1 aromatic heterocycles. The second-order valence-corrected chi connectivity index (χ2v) is 7.59. The lowest BCUT2D eigenvalue weighted by molar-refractivity contribution is 0.588. The molecule has 7 heteroatoms. The zero-order valence-electron chi connectivity index (χ0n) is 12.3. The summed E-state index contributed by atoms with van der Waals surface area (Å²) in [6.07, 6.45) is 2.82. The number of rotatable bonds is 6. The second kappa shape index (κ2) is 6.55. The fourth-order valence-electron chi connectivity index (χ4n) is 1.91. The molecule has 2 rings (SSSR count). The largest absolute Gasteiger partial charge is 0.375 e. The molecule has 0 aliphatic carbocycles. The van der Waals surface area contributed by atoms with Crippen molar-refractivity contribution in [3.63, 3.8) is 0 Å². The first kappa shape index (κ1) is 15.9. The van der Waals surface area contributed by atoms with Crippen LogP contribution < -0.4 is 10.0 Å². The van der Waals surface area contributed by atoms with Gasteiger partial charge in [-0.15, -0.1) is 11.3 Å². The molecule has 1 heterocycles. The molecule has 0 aliphatic heterocycles. The molecule has 5 nitrogen and oxygen atoms in total. The van der Waals surface area contributed by atoms with Crippen molar-refractivity contribution in [3.8, 4) is 0 Å². The normalized spacial score (nSPS) is 13.1. The number of sulfonamides is 1. The highest BCUT2D eigenvalue weighted by Gasteiger charge is 2.18. The number of nitrogens with one attached hydrogen (secondary N) is 2. The Morgan fingerprint density at radius 2 is 2.05 bits per heavy atom. The van der Waals surface area contributed by atoms with Crippen molar-refractivity contribution in [1.82, 2.24) is 9.71 Å². The first-order valence-electron chi connectivity index (χ1n) is 6.71. The molecule has 1 unspecified atom stereocenters. The lowest BCUT2D eigenvalue weighted by atomic mass is 10.2. The summed E-state index contributed by atoms with van der Waals surface area (Å²) in [5.41, 5.74) is 0.576. The smallest absolute Gasteiger partial charge is 0.242 e. The van der Waals surface area contributed by atoms with E-state index in [-0.39, 0.29) is 10.9 Å². The van der Waals surface area contributed by atoms with E-state index < -0.39 is 10.0 Å². The van der Waals surface area contributed by atoms with Crippen molar-refractivity contribution in [1.29, 1.82) is 0 Å². The maximum absolute atomic E-state index is 12.0. The van der Waals surface area contributed by atoms with E-state index in [0.717, 1.165) is 11.4 Å². The van der Waals surface area contributed by atoms with E-state index in [0.29, 0.717) is 5.69 Å². The van der Waals surface area contributed by atoms with Crippen molar-refractivity contribution in [2.24, 2.45) is 0 Å². The average Bonchev–Trinajstić information content (AvgIpc) is 2.96. The van der Waals surface area contributed by atoms with Crippen molar-refractivity contribution in [2.45, 2.75) is 31.2 Å². The fraction of sp³-hybridized carbons (Fsp3) is 0.357. The Morgan fingerprint density at radius 3 is 2.67 bits per heavy atom. The monoisotopic (exact) mass is 325 g/mol. The number of anilines is 1. The van der Waals surface area contributed by atoms with E-state index >= 15 is 0 Å². The Balaban J connectivity index is 2.27. The minimum absolute atomic E-state index is 0.0523. The van der Waals surface area contributed by atoms with Gasteiger partial charge in [0.2, 0.25) is 10.0 Å². The Bertz CT molecular complexity index is 711. The van der Waals surface area contributed by atoms with Crippen LogP contribution in [-0.2, 0) is 16.4 Å². The summed E-state index contributed by atoms with van der Waals surface area (Å²) in [4.78, 5) is 5.85. The number of nitrogens with zero attached hydrogens (tertiary/aromatic N) is 1. The van der Waals surface area contributed by atoms with Crippen LogP contribution in [0.15, 0.2) is 35.4 Å². The third-order valence-electron chi connectivity index (χ3n) is 3.11. The summed E-state index contributed by atoms with van der Waals surface area (Å²) in [7, 11) is -2.08. The summed E-state index contributed by atoms with van der Waals surface area (Å²) >= 11 is 1.64. The molecule has 0 saturated heterocycles. The Morgan fingerprint density at radius 1 is 1.33 bits per heavy atom. The van der Waals surface area contributed by atoms with Gasteiger partial charge in [0, 0.05) is 11.1 Å². The van der Waals surface area contributed by atoms with Crippen LogP contribution in [-0.4, -0.2) is 20.4 Å². The van der Waals surface area contributed by atoms with Gasteiger partial charge < -0.3 is 5.32 Å². The number of aryl methyl sites for hydroxylation is 1. The van der Waals surface area contributed by atoms with Crippen LogP contribution in [0, 0.1) is 0 Å². The van der Waals surface area contributed by atoms with Gasteiger partial charge in [-0.25, -0.2) is 18.1 Å². The Kier molecular flexibility index (Phi) is 4.97. The molecule has 0 aliphatic rings. The molecule has 1 atom stereocenters. The molecule has 21 heavy (non-hydrogen) atoms. The summed E-state index contributed by atoms with van der Waals surface area (Å²) in [5, 5.41) is 4.18. The zero-order valence-corrected chi connectivity index (χ0v) is 13.9. The highest BCUT2D eigenvalue weighted by Crippen LogP contribution is 2.27. The lowest BCUT2D eigenvalue weighted by Crippen LogP contribution is -2.20. The van der Waals surface area contributed by atoms with E-state index in [1.165, 1.54) is 11.9 Å². The molecule has 0 radical (unpaired) electrons. The van der Waals surface area contributed by atoms with Gasteiger partial charge in [-0.05, 0) is 32.5 Å². The van der Waals surface area contributed by atoms with Gasteiger partial charge in [0.25, 0.3) is 0 Å². The van der Waals surface area contributed by atoms with E-state index in [4.69, 9.17) is 0 Å². The molecule has 1 aromatic carbocycles. The molecule has 2 N–H and O–H groups in total. The summed E-state index contributed by atoms with van der Waals surface area (Å²) in [5.74, 6) is 0. The Labute approximate surface area is 129 Å². The van der Waals surface area contributed by atoms with Gasteiger partial charge in [-0.3, -0.25) is 0 Å². The van der Waals surface area contributed by atoms with Gasteiger partial charge >= 0.3 is 0 Å². The van der Waals surface area contributed by atoms with Crippen molar-refractivity contribution in [3.05, 3.63) is 40.3 Å². The number of hydrogen-bond acceptors (Lipinski definition) is 5. The quantitative estimate of drug-likeness (QED) is 0.857. The predicted octanol–water partition coefficient (Wildman–Crippen LogP) is 2.79. The van der Waals surface area contributed by atoms with E-state index in [9.17, 15) is 8.42 Å². The van der Waals surface area contributed by atoms with Crippen LogP contribution in [0.1, 0.15) is 29.8 Å². The zero-order chi connectivity index (χ0) is 15.5. The van der Waals surface area contributed by atoms with Gasteiger partial charge in [0.1, 0.15) is 9.90 Å². The van der Waals surface area contributed by atoms with Gasteiger partial charge in [-0.2, -0.15) is 0 Å². The Hall–Kier alpha value is -1.44. The van der Waals surface area contributed by atoms with Crippen LogP contribution in [0.25, 0.3) is 0 Å². The molecular formula is C14H19N3O2S2. The molecule has 0 saturated carbocycles. The van der Waals surface area contributed by atoms with Crippen molar-refractivity contribution < 1.29 is 8.42 Å². The molecule has 0 amide bonds. The summed E-state index contributed by atoms with van der Waals surface area (Å²) in [6.45, 7) is 4.06. The number of thiazole rings is 1. The first-order valence-corrected chi connectivity index (χ1v) is 9.01. The highest BCUT2D eigenvalue weighted by molar-refractivity contribution is 7.89. The number of benzene rings is 1. The minimum Gasteiger partial charge on any atom is -0.375 e. The number of hydrogen-bond donors (Lipinski definition) is 2. The molecule has 114 valence electrons. The molecule has 0 bridgehead atoms. The third-order valence-corrected chi connectivity index (χ3v) is 5.90. The van der Waals surface area contributed by atoms with Crippen LogP contribution in [0.5, 0.6) is 0 Å². The fourth-order valence-corrected chi connectivity index (χ4v) is 3.67. The lowest BCUT2D eigenvalue weighted by Gasteiger charge is -2.16. The van der Waals surface area contributed by atoms with E-state index in [1.807, 2.05) is 19.2 Å². The van der Waals surface area contributed by atoms with Gasteiger partial charge in [0.05, 0.1) is 11.7 Å². The third kappa shape index (κ3) is 3.61. The SMILES string of the molecule is CCc1cnc(C(C)Nc2ccccc2S(=O)(=O)NC)s1. The topological polar surface area (TPSA) is 71.1 Å². The molecule has 0 spiro atoms. The van der Waals surface area contributed by atoms with Crippen LogP contribution in [0.4, 0.5) is 5.69 Å². The van der Waals surface area contributed by atoms with Crippen molar-refractivity contribution >= 4 is 27.0 Å². The number of para-hydroxylation sites is 1. The van der Waals surface area contributed by atoms with E-state index in [2.05, 4.69) is 21.9 Å². The average molecular weight is 325 g/mol. The molecule has 2 aromatic rings. The summed E-state index contributed by atoms with van der Waals surface area (Å²) < 4.78 is 26.4. The van der Waals surface area contributed by atoms with Gasteiger partial charge in [-0.1, -0.05) is 19.1 Å².